The molecule has 0 radical (unpaired) electrons. The molecule has 18 nitrogen and oxygen atoms in total. The highest BCUT2D eigenvalue weighted by Gasteiger charge is 2.72. The van der Waals surface area contributed by atoms with Crippen molar-refractivity contribution in [3.8, 4) is 0 Å². The number of aliphatic hydroxyl groups is 1. The predicted molar refractivity (Wildman–Crippen MR) is 93.3 cm³/mol. The largest absolute Gasteiger partial charge is 0.490 e. The van der Waals surface area contributed by atoms with Gasteiger partial charge in [0.1, 0.15) is 24.1 Å². The van der Waals surface area contributed by atoms with E-state index in [1.807, 2.05) is 0 Å². The van der Waals surface area contributed by atoms with Crippen molar-refractivity contribution in [2.24, 2.45) is 0 Å². The van der Waals surface area contributed by atoms with Crippen LogP contribution in [0.2, 0.25) is 0 Å². The Kier molecular flexibility index (Phi) is 5.39. The summed E-state index contributed by atoms with van der Waals surface area (Å²) in [6.07, 6.45) is -1.00. The Bertz CT molecular complexity index is 1170. The molecule has 0 aromatic carbocycles. The summed E-state index contributed by atoms with van der Waals surface area (Å²) in [6.45, 7) is -0.795. The minimum atomic E-state index is -5.66. The van der Waals surface area contributed by atoms with Gasteiger partial charge in [-0.15, -0.1) is 0 Å². The van der Waals surface area contributed by atoms with E-state index in [4.69, 9.17) is 29.9 Å². The van der Waals surface area contributed by atoms with E-state index < -0.39 is 54.3 Å². The lowest BCUT2D eigenvalue weighted by Crippen LogP contribution is -2.26. The Morgan fingerprint density at radius 3 is 2.52 bits per heavy atom. The summed E-state index contributed by atoms with van der Waals surface area (Å²) < 4.78 is 57.6. The summed E-state index contributed by atoms with van der Waals surface area (Å²) in [4.78, 5) is 47.5. The second kappa shape index (κ2) is 7.33. The zero-order valence-corrected chi connectivity index (χ0v) is 17.5. The molecule has 0 aliphatic carbocycles. The van der Waals surface area contributed by atoms with E-state index in [1.54, 1.807) is 0 Å². The summed E-state index contributed by atoms with van der Waals surface area (Å²) in [5.41, 5.74) is 6.13. The molecule has 2 aromatic rings. The zero-order valence-electron chi connectivity index (χ0n) is 14.8. The van der Waals surface area contributed by atoms with Gasteiger partial charge in [-0.2, -0.15) is 8.62 Å². The van der Waals surface area contributed by atoms with Crippen molar-refractivity contribution in [3.63, 3.8) is 0 Å². The molecule has 2 unspecified atom stereocenters. The zero-order chi connectivity index (χ0) is 22.8. The van der Waals surface area contributed by atoms with E-state index in [-0.39, 0.29) is 17.0 Å². The Labute approximate surface area is 171 Å². The van der Waals surface area contributed by atoms with Crippen LogP contribution in [0.5, 0.6) is 0 Å². The third-order valence-electron chi connectivity index (χ3n) is 4.12. The van der Waals surface area contributed by atoms with Gasteiger partial charge in [0, 0.05) is 0 Å². The molecule has 2 aliphatic heterocycles. The van der Waals surface area contributed by atoms with E-state index in [9.17, 15) is 23.7 Å². The van der Waals surface area contributed by atoms with Crippen molar-refractivity contribution in [2.45, 2.75) is 24.2 Å². The van der Waals surface area contributed by atoms with E-state index in [0.29, 0.717) is 0 Å². The summed E-state index contributed by atoms with van der Waals surface area (Å²) in [5.74, 6) is -1.79. The molecule has 2 aliphatic rings. The molecular weight excluding hydrogens is 491 g/mol. The molecule has 7 N–H and O–H groups in total. The van der Waals surface area contributed by atoms with E-state index in [2.05, 4.69) is 28.1 Å². The fraction of sp³-hybridized carbons (Fsp3) is 0.500. The highest BCUT2D eigenvalue weighted by atomic mass is 31.3. The summed E-state index contributed by atoms with van der Waals surface area (Å²) >= 11 is 0. The maximum absolute atomic E-state index is 11.8. The lowest BCUT2D eigenvalue weighted by molar-refractivity contribution is -0.156. The minimum Gasteiger partial charge on any atom is -0.382 e. The number of imidazole rings is 1. The normalized spacial score (nSPS) is 31.8. The Balaban J connectivity index is 1.44. The van der Waals surface area contributed by atoms with Gasteiger partial charge >= 0.3 is 23.5 Å². The number of hydrogen-bond donors (Lipinski definition) is 6. The Morgan fingerprint density at radius 1 is 1.13 bits per heavy atom. The van der Waals surface area contributed by atoms with Gasteiger partial charge in [0.2, 0.25) is 5.79 Å². The maximum atomic E-state index is 11.8. The number of phosphoric acid groups is 3. The first-order valence-corrected chi connectivity index (χ1v) is 12.5. The molecule has 4 rings (SSSR count). The van der Waals surface area contributed by atoms with Crippen LogP contribution in [0.25, 0.3) is 11.2 Å². The molecule has 21 heteroatoms. The first-order chi connectivity index (χ1) is 14.2. The smallest absolute Gasteiger partial charge is 0.382 e. The molecule has 0 bridgehead atoms. The van der Waals surface area contributed by atoms with Gasteiger partial charge in [-0.05, 0) is 0 Å². The van der Waals surface area contributed by atoms with Gasteiger partial charge in [0.15, 0.2) is 17.7 Å². The summed E-state index contributed by atoms with van der Waals surface area (Å²) in [6, 6.07) is 0. The minimum absolute atomic E-state index is 0.0752. The number of aromatic nitrogens is 4. The predicted octanol–water partition coefficient (Wildman–Crippen LogP) is -1.26. The molecule has 2 saturated heterocycles. The van der Waals surface area contributed by atoms with E-state index >= 15 is 0 Å². The van der Waals surface area contributed by atoms with Crippen LogP contribution in [0.1, 0.15) is 6.23 Å². The molecule has 0 amide bonds. The number of anilines is 1. The third-order valence-corrected chi connectivity index (χ3v) is 7.92. The van der Waals surface area contributed by atoms with E-state index in [1.165, 1.54) is 10.9 Å². The van der Waals surface area contributed by atoms with Crippen LogP contribution in [-0.4, -0.2) is 68.8 Å². The van der Waals surface area contributed by atoms with Gasteiger partial charge in [-0.25, -0.2) is 28.6 Å². The second-order valence-corrected chi connectivity index (χ2v) is 10.7. The third kappa shape index (κ3) is 4.58. The maximum Gasteiger partial charge on any atom is 0.490 e. The molecule has 6 atom stereocenters. The number of hydrogen-bond acceptors (Lipinski definition) is 13. The molecule has 172 valence electrons. The Hall–Kier alpha value is -1.36. The fourth-order valence-corrected chi connectivity index (χ4v) is 5.98. The molecule has 31 heavy (non-hydrogen) atoms. The van der Waals surface area contributed by atoms with Gasteiger partial charge in [-0.3, -0.25) is 9.09 Å². The average molecular weight is 505 g/mol. The molecule has 0 saturated carbocycles. The van der Waals surface area contributed by atoms with Crippen LogP contribution in [0.3, 0.4) is 0 Å². The van der Waals surface area contributed by atoms with Gasteiger partial charge in [0.25, 0.3) is 0 Å². The number of epoxide rings is 1. The fourth-order valence-electron chi connectivity index (χ4n) is 2.95. The van der Waals surface area contributed by atoms with Gasteiger partial charge < -0.3 is 39.9 Å². The molecule has 2 fully saturated rings. The van der Waals surface area contributed by atoms with Crippen molar-refractivity contribution in [2.75, 3.05) is 12.3 Å². The molecule has 2 aromatic heterocycles. The van der Waals surface area contributed by atoms with Crippen LogP contribution >= 0.6 is 23.5 Å². The van der Waals surface area contributed by atoms with Crippen LogP contribution in [-0.2, 0) is 36.3 Å². The van der Waals surface area contributed by atoms with Crippen molar-refractivity contribution in [1.29, 1.82) is 0 Å². The summed E-state index contributed by atoms with van der Waals surface area (Å²) in [5, 5.41) is 10.6. The van der Waals surface area contributed by atoms with Crippen molar-refractivity contribution in [1.82, 2.24) is 19.5 Å². The first-order valence-electron chi connectivity index (χ1n) is 7.98. The van der Waals surface area contributed by atoms with Crippen LogP contribution in [0.15, 0.2) is 12.7 Å². The van der Waals surface area contributed by atoms with Gasteiger partial charge in [-0.1, -0.05) is 0 Å². The van der Waals surface area contributed by atoms with E-state index in [0.717, 1.165) is 6.33 Å². The molecule has 4 heterocycles. The number of phosphoric ester groups is 1. The monoisotopic (exact) mass is 505 g/mol. The number of nitrogen functional groups attached to an aromatic ring is 1. The number of nitrogens with two attached hydrogens (primary N) is 1. The molecule has 0 spiro atoms. The quantitative estimate of drug-likeness (QED) is 0.180. The Morgan fingerprint density at radius 2 is 1.84 bits per heavy atom. The highest BCUT2D eigenvalue weighted by Crippen LogP contribution is 2.66. The van der Waals surface area contributed by atoms with Gasteiger partial charge in [0.05, 0.1) is 12.9 Å². The van der Waals surface area contributed by atoms with Crippen molar-refractivity contribution < 1.29 is 61.0 Å². The molecular formula is C10H14N5O13P3. The lowest BCUT2D eigenvalue weighted by atomic mass is 10.2. The highest BCUT2D eigenvalue weighted by molar-refractivity contribution is 7.66. The van der Waals surface area contributed by atoms with Crippen molar-refractivity contribution >= 4 is 40.4 Å². The first kappa shape index (κ1) is 22.8. The standard InChI is InChI=1S/C10H14N5O13P3/c11-7-5-8(13-2-12-7)15(3-14-5)9-10(16)6(26-10)4(25-9)1-24-30(20,21)28-31(22,23)27-29(17,18)19/h2-4,6,9,16H,1H2,(H,20,21)(H,22,23)(H2,11,12,13)(H2,17,18,19)/t4-,6+,9-,10+/m1/s1. The number of nitrogens with zero attached hydrogens (tertiary/aromatic N) is 4. The number of fused-ring (bicyclic) bond motifs is 2. The second-order valence-electron chi connectivity index (χ2n) is 6.29. The lowest BCUT2D eigenvalue weighted by Gasteiger charge is -2.21. The topological polar surface area (TPSA) is 271 Å². The van der Waals surface area contributed by atoms with Crippen LogP contribution < -0.4 is 5.73 Å². The average Bonchev–Trinajstić information content (AvgIpc) is 2.98. The SMILES string of the molecule is Nc1ncnc2c1ncn2[C@@H]1O[C@H](COP(=O)(O)OP(=O)(O)OP(=O)(O)O)[C@@H]2O[C@@]21O. The van der Waals surface area contributed by atoms with Crippen molar-refractivity contribution in [3.05, 3.63) is 12.7 Å². The number of rotatable bonds is 8. The summed E-state index contributed by atoms with van der Waals surface area (Å²) in [7, 11) is -16.5. The van der Waals surface area contributed by atoms with Crippen LogP contribution in [0.4, 0.5) is 5.82 Å². The van der Waals surface area contributed by atoms with Crippen LogP contribution in [0, 0.1) is 0 Å². The number of ether oxygens (including phenoxy) is 2.